The van der Waals surface area contributed by atoms with E-state index in [4.69, 9.17) is 5.73 Å². The molecule has 0 saturated carbocycles. The van der Waals surface area contributed by atoms with Gasteiger partial charge in [0.15, 0.2) is 0 Å². The first kappa shape index (κ1) is 14.1. The van der Waals surface area contributed by atoms with Gasteiger partial charge in [0.2, 0.25) is 0 Å². The second-order valence-corrected chi connectivity index (χ2v) is 4.42. The van der Waals surface area contributed by atoms with Crippen LogP contribution in [0.3, 0.4) is 0 Å². The third-order valence-electron chi connectivity index (χ3n) is 2.94. The first-order valence-electron chi connectivity index (χ1n) is 5.90. The van der Waals surface area contributed by atoms with Gasteiger partial charge in [-0.25, -0.2) is 8.78 Å². The maximum absolute atomic E-state index is 13.5. The number of nitrogens with zero attached hydrogens (tertiary/aromatic N) is 1. The fourth-order valence-electron chi connectivity index (χ4n) is 1.91. The molecule has 0 saturated heterocycles. The van der Waals surface area contributed by atoms with Gasteiger partial charge in [0.05, 0.1) is 0 Å². The lowest BCUT2D eigenvalue weighted by Gasteiger charge is -2.28. The van der Waals surface area contributed by atoms with E-state index in [2.05, 4.69) is 4.90 Å². The van der Waals surface area contributed by atoms with E-state index in [-0.39, 0.29) is 5.56 Å². The molecule has 1 atom stereocenters. The lowest BCUT2D eigenvalue weighted by molar-refractivity contribution is 0.217. The highest BCUT2D eigenvalue weighted by molar-refractivity contribution is 5.23. The van der Waals surface area contributed by atoms with E-state index in [0.29, 0.717) is 12.6 Å². The third kappa shape index (κ3) is 3.48. The van der Waals surface area contributed by atoms with Gasteiger partial charge in [0.1, 0.15) is 11.6 Å². The quantitative estimate of drug-likeness (QED) is 0.860. The van der Waals surface area contributed by atoms with Crippen molar-refractivity contribution < 1.29 is 8.78 Å². The molecule has 2 N–H and O–H groups in total. The smallest absolute Gasteiger partial charge is 0.130 e. The molecule has 0 bridgehead atoms. The number of benzene rings is 1. The van der Waals surface area contributed by atoms with E-state index in [9.17, 15) is 8.78 Å². The summed E-state index contributed by atoms with van der Waals surface area (Å²) in [7, 11) is 0. The monoisotopic (exact) mass is 242 g/mol. The lowest BCUT2D eigenvalue weighted by Crippen LogP contribution is -2.37. The second kappa shape index (κ2) is 6.07. The molecule has 0 aliphatic rings. The Kier molecular flexibility index (Phi) is 5.02. The fourth-order valence-corrected chi connectivity index (χ4v) is 1.91. The van der Waals surface area contributed by atoms with Gasteiger partial charge in [0.25, 0.3) is 0 Å². The maximum Gasteiger partial charge on any atom is 0.130 e. The highest BCUT2D eigenvalue weighted by Gasteiger charge is 2.19. The van der Waals surface area contributed by atoms with Crippen LogP contribution in [0.25, 0.3) is 0 Å². The fraction of sp³-hybridized carbons (Fsp3) is 0.538. The molecule has 17 heavy (non-hydrogen) atoms. The molecule has 0 amide bonds. The molecule has 0 fully saturated rings. The molecule has 0 radical (unpaired) electrons. The highest BCUT2D eigenvalue weighted by Crippen LogP contribution is 2.20. The minimum absolute atomic E-state index is 0.0217. The van der Waals surface area contributed by atoms with Crippen LogP contribution in [0.4, 0.5) is 8.78 Å². The predicted molar refractivity (Wildman–Crippen MR) is 65.7 cm³/mol. The number of hydrogen-bond acceptors (Lipinski definition) is 2. The first-order valence-corrected chi connectivity index (χ1v) is 5.90. The molecular weight excluding hydrogens is 222 g/mol. The standard InChI is InChI=1S/C13H20F2N2/c1-4-17(9(2)3)8-12(16)13-10(14)6-5-7-11(13)15/h5-7,9,12H,4,8,16H2,1-3H3. The highest BCUT2D eigenvalue weighted by atomic mass is 19.1. The summed E-state index contributed by atoms with van der Waals surface area (Å²) in [5, 5.41) is 0. The predicted octanol–water partition coefficient (Wildman–Crippen LogP) is 2.69. The van der Waals surface area contributed by atoms with Crippen molar-refractivity contribution in [2.45, 2.75) is 32.9 Å². The molecule has 4 heteroatoms. The average molecular weight is 242 g/mol. The van der Waals surface area contributed by atoms with Crippen molar-refractivity contribution in [3.05, 3.63) is 35.4 Å². The topological polar surface area (TPSA) is 29.3 Å². The summed E-state index contributed by atoms with van der Waals surface area (Å²) in [4.78, 5) is 2.08. The van der Waals surface area contributed by atoms with E-state index in [1.165, 1.54) is 18.2 Å². The minimum Gasteiger partial charge on any atom is -0.323 e. The van der Waals surface area contributed by atoms with E-state index in [1.54, 1.807) is 0 Å². The van der Waals surface area contributed by atoms with E-state index in [1.807, 2.05) is 20.8 Å². The molecular formula is C13H20F2N2. The average Bonchev–Trinajstić information content (AvgIpc) is 2.25. The molecule has 1 aromatic rings. The zero-order valence-corrected chi connectivity index (χ0v) is 10.6. The van der Waals surface area contributed by atoms with Crippen molar-refractivity contribution in [2.24, 2.45) is 5.73 Å². The van der Waals surface area contributed by atoms with Crippen molar-refractivity contribution in [1.82, 2.24) is 4.90 Å². The summed E-state index contributed by atoms with van der Waals surface area (Å²) < 4.78 is 27.0. The van der Waals surface area contributed by atoms with Gasteiger partial charge in [-0.15, -0.1) is 0 Å². The number of rotatable bonds is 5. The molecule has 0 aliphatic carbocycles. The summed E-state index contributed by atoms with van der Waals surface area (Å²) in [6.45, 7) is 7.33. The number of likely N-dealkylation sites (N-methyl/N-ethyl adjacent to an activating group) is 1. The number of halogens is 2. The second-order valence-electron chi connectivity index (χ2n) is 4.42. The van der Waals surface area contributed by atoms with Gasteiger partial charge < -0.3 is 5.73 Å². The van der Waals surface area contributed by atoms with Gasteiger partial charge >= 0.3 is 0 Å². The van der Waals surface area contributed by atoms with Gasteiger partial charge in [-0.05, 0) is 32.5 Å². The van der Waals surface area contributed by atoms with Crippen LogP contribution in [0.15, 0.2) is 18.2 Å². The first-order chi connectivity index (χ1) is 7.97. The van der Waals surface area contributed by atoms with E-state index >= 15 is 0 Å². The molecule has 1 unspecified atom stereocenters. The Hall–Kier alpha value is -1.00. The van der Waals surface area contributed by atoms with E-state index < -0.39 is 17.7 Å². The third-order valence-corrected chi connectivity index (χ3v) is 2.94. The van der Waals surface area contributed by atoms with Gasteiger partial charge in [0, 0.05) is 24.2 Å². The van der Waals surface area contributed by atoms with Crippen LogP contribution < -0.4 is 5.73 Å². The van der Waals surface area contributed by atoms with Crippen LogP contribution in [0, 0.1) is 11.6 Å². The molecule has 0 aliphatic heterocycles. The van der Waals surface area contributed by atoms with Crippen molar-refractivity contribution in [3.63, 3.8) is 0 Å². The summed E-state index contributed by atoms with van der Waals surface area (Å²) in [6, 6.07) is 3.49. The normalized spacial score (nSPS) is 13.4. The zero-order chi connectivity index (χ0) is 13.0. The Balaban J connectivity index is 2.86. The lowest BCUT2D eigenvalue weighted by atomic mass is 10.1. The molecule has 1 rings (SSSR count). The van der Waals surface area contributed by atoms with Crippen LogP contribution in [-0.4, -0.2) is 24.0 Å². The van der Waals surface area contributed by atoms with Gasteiger partial charge in [-0.1, -0.05) is 13.0 Å². The van der Waals surface area contributed by atoms with Crippen molar-refractivity contribution in [1.29, 1.82) is 0 Å². The summed E-state index contributed by atoms with van der Waals surface area (Å²) >= 11 is 0. The number of hydrogen-bond donors (Lipinski definition) is 1. The van der Waals surface area contributed by atoms with E-state index in [0.717, 1.165) is 6.54 Å². The summed E-state index contributed by atoms with van der Waals surface area (Å²) in [6.07, 6.45) is 0. The Labute approximate surface area is 101 Å². The zero-order valence-electron chi connectivity index (χ0n) is 10.6. The molecule has 1 aromatic carbocycles. The van der Waals surface area contributed by atoms with Crippen molar-refractivity contribution in [3.8, 4) is 0 Å². The van der Waals surface area contributed by atoms with Crippen molar-refractivity contribution >= 4 is 0 Å². The van der Waals surface area contributed by atoms with Crippen LogP contribution in [0.5, 0.6) is 0 Å². The van der Waals surface area contributed by atoms with Gasteiger partial charge in [-0.2, -0.15) is 0 Å². The molecule has 0 spiro atoms. The van der Waals surface area contributed by atoms with Gasteiger partial charge in [-0.3, -0.25) is 4.90 Å². The van der Waals surface area contributed by atoms with Crippen LogP contribution in [0.2, 0.25) is 0 Å². The molecule has 2 nitrogen and oxygen atoms in total. The minimum atomic E-state index is -0.640. The summed E-state index contributed by atoms with van der Waals surface area (Å²) in [5.74, 6) is -1.14. The molecule has 0 aromatic heterocycles. The summed E-state index contributed by atoms with van der Waals surface area (Å²) in [5.41, 5.74) is 5.87. The Morgan fingerprint density at radius 2 is 1.76 bits per heavy atom. The molecule has 96 valence electrons. The largest absolute Gasteiger partial charge is 0.323 e. The SMILES string of the molecule is CCN(CC(N)c1c(F)cccc1F)C(C)C. The Morgan fingerprint density at radius 3 is 2.18 bits per heavy atom. The van der Waals surface area contributed by atoms with Crippen LogP contribution in [0.1, 0.15) is 32.4 Å². The number of nitrogens with two attached hydrogens (primary N) is 1. The Morgan fingerprint density at radius 1 is 1.24 bits per heavy atom. The molecule has 0 heterocycles. The Bertz CT molecular complexity index is 346. The maximum atomic E-state index is 13.5. The van der Waals surface area contributed by atoms with Crippen LogP contribution in [-0.2, 0) is 0 Å². The van der Waals surface area contributed by atoms with Crippen molar-refractivity contribution in [2.75, 3.05) is 13.1 Å². The van der Waals surface area contributed by atoms with Crippen LogP contribution >= 0.6 is 0 Å².